The first-order chi connectivity index (χ1) is 40.7. The number of carboxylic acid groups (broad SMARTS) is 1. The molecule has 8 aromatic rings. The Kier molecular flexibility index (Phi) is 17.6. The topological polar surface area (TPSA) is 285 Å². The van der Waals surface area contributed by atoms with Gasteiger partial charge in [-0.1, -0.05) is 0 Å². The van der Waals surface area contributed by atoms with E-state index in [4.69, 9.17) is 23.4 Å². The number of Topliss-reactive ketones (excluding diaryl/α,β-unsaturated/α-hetero) is 1. The molecule has 2 aromatic carbocycles. The van der Waals surface area contributed by atoms with Crippen molar-refractivity contribution in [1.29, 1.82) is 0 Å². The van der Waals surface area contributed by atoms with Gasteiger partial charge in [0.15, 0.2) is 28.6 Å². The molecule has 0 atom stereocenters. The number of aromatic nitrogens is 8. The highest BCUT2D eigenvalue weighted by Crippen LogP contribution is 2.36. The Morgan fingerprint density at radius 2 is 1.00 bits per heavy atom. The lowest BCUT2D eigenvalue weighted by Crippen LogP contribution is -2.38. The summed E-state index contributed by atoms with van der Waals surface area (Å²) in [4.78, 5) is 94.5. The number of carboxylic acids is 1. The molecule has 2 aliphatic rings. The number of anilines is 4. The number of carbonyl (C=O) groups is 6. The van der Waals surface area contributed by atoms with E-state index in [0.29, 0.717) is 64.6 Å². The number of carbonyl (C=O) groups excluding carboxylic acids is 5. The summed E-state index contributed by atoms with van der Waals surface area (Å²) in [7, 11) is 0. The maximum Gasteiger partial charge on any atom is 0.416 e. The van der Waals surface area contributed by atoms with Crippen LogP contribution in [0.4, 0.5) is 50.2 Å². The van der Waals surface area contributed by atoms with E-state index in [1.165, 1.54) is 70.5 Å². The zero-order valence-corrected chi connectivity index (χ0v) is 47.5. The van der Waals surface area contributed by atoms with Gasteiger partial charge in [-0.25, -0.2) is 61.2 Å². The summed E-state index contributed by atoms with van der Waals surface area (Å²) >= 11 is 0. The summed E-state index contributed by atoms with van der Waals surface area (Å²) in [5.74, 6) is -1.39. The Morgan fingerprint density at radius 3 is 1.34 bits per heavy atom. The van der Waals surface area contributed by atoms with Crippen LogP contribution >= 0.6 is 0 Å². The zero-order chi connectivity index (χ0) is 61.8. The molecule has 0 spiro atoms. The van der Waals surface area contributed by atoms with Gasteiger partial charge in [-0.2, -0.15) is 10.2 Å². The highest BCUT2D eigenvalue weighted by atomic mass is 19.3. The molecule has 6 aromatic heterocycles. The van der Waals surface area contributed by atoms with Gasteiger partial charge < -0.3 is 34.0 Å². The summed E-state index contributed by atoms with van der Waals surface area (Å²) in [6.45, 7) is 13.0. The third-order valence-electron chi connectivity index (χ3n) is 12.8. The lowest BCUT2D eigenvalue weighted by atomic mass is 10.1. The average molecular weight is 1190 g/mol. The van der Waals surface area contributed by atoms with Gasteiger partial charge in [0.2, 0.25) is 11.8 Å². The molecule has 448 valence electrons. The third kappa shape index (κ3) is 15.4. The molecule has 2 fully saturated rings. The van der Waals surface area contributed by atoms with Gasteiger partial charge in [-0.15, -0.1) is 0 Å². The number of pyridine rings is 2. The average Bonchev–Trinajstić information content (AvgIpc) is 3.84. The van der Waals surface area contributed by atoms with E-state index in [1.54, 1.807) is 90.1 Å². The first kappa shape index (κ1) is 60.5. The van der Waals surface area contributed by atoms with Gasteiger partial charge in [0.25, 0.3) is 24.7 Å². The minimum absolute atomic E-state index is 0.0159. The summed E-state index contributed by atoms with van der Waals surface area (Å²) in [5.41, 5.74) is -1.44. The predicted molar refractivity (Wildman–Crippen MR) is 302 cm³/mol. The number of aromatic carboxylic acids is 1. The van der Waals surface area contributed by atoms with Gasteiger partial charge >= 0.3 is 18.2 Å². The summed E-state index contributed by atoms with van der Waals surface area (Å²) in [6, 6.07) is 18.0. The van der Waals surface area contributed by atoms with Crippen molar-refractivity contribution in [1.82, 2.24) is 39.5 Å². The van der Waals surface area contributed by atoms with Crippen molar-refractivity contribution in [3.8, 4) is 34.3 Å². The highest BCUT2D eigenvalue weighted by molar-refractivity contribution is 6.04. The fourth-order valence-electron chi connectivity index (χ4n) is 8.23. The van der Waals surface area contributed by atoms with Crippen LogP contribution in [0.25, 0.3) is 34.3 Å². The molecular weight excluding hydrogens is 1130 g/mol. The molecule has 27 heteroatoms. The number of hydrogen-bond acceptors (Lipinski definition) is 16. The number of halogens is 4. The number of rotatable bonds is 18. The summed E-state index contributed by atoms with van der Waals surface area (Å²) in [6.07, 6.45) is 4.57. The minimum Gasteiger partial charge on any atom is -0.478 e. The molecule has 10 rings (SSSR count). The second kappa shape index (κ2) is 25.0. The maximum absolute atomic E-state index is 13.8. The number of oxazole rings is 2. The van der Waals surface area contributed by atoms with Crippen molar-refractivity contribution in [3.05, 3.63) is 144 Å². The number of ether oxygens (including phenoxy) is 2. The number of nitrogens with zero attached hydrogens (tertiary/aromatic N) is 10. The molecule has 6 heterocycles. The van der Waals surface area contributed by atoms with Crippen LogP contribution in [-0.4, -0.2) is 105 Å². The zero-order valence-electron chi connectivity index (χ0n) is 47.5. The molecular formula is C59H58F4N12O11. The fraction of sp³-hybridized carbons (Fsp3) is 0.322. The Bertz CT molecular complexity index is 3560. The van der Waals surface area contributed by atoms with E-state index in [9.17, 15) is 46.3 Å². The summed E-state index contributed by atoms with van der Waals surface area (Å²) in [5, 5.41) is 21.7. The second-order valence-corrected chi connectivity index (χ2v) is 22.2. The predicted octanol–water partition coefficient (Wildman–Crippen LogP) is 12.4. The molecule has 0 radical (unpaired) electrons. The molecule has 0 aliphatic heterocycles. The van der Waals surface area contributed by atoms with Crippen molar-refractivity contribution in [3.63, 3.8) is 0 Å². The van der Waals surface area contributed by atoms with Crippen LogP contribution < -0.4 is 20.4 Å². The second-order valence-electron chi connectivity index (χ2n) is 22.2. The van der Waals surface area contributed by atoms with E-state index in [-0.39, 0.29) is 45.9 Å². The Morgan fingerprint density at radius 1 is 0.616 bits per heavy atom. The SMILES string of the molecule is CC(=O)c1ccc(-n2cc(NC(=O)c3coc(-c4ccnc(N(CC5CC5)C(=O)OC(C)(C)C)c4)n3)c(C(F)F)n2)cc1.CC(C)(C)OC(=O)N(CC1CC1)c1cc(-c2nc(C(=O)Nc3cn(-c4ccc(C(=O)O)cc4)nc3C(F)F)co2)ccn1. The lowest BCUT2D eigenvalue weighted by Gasteiger charge is -2.27. The summed E-state index contributed by atoms with van der Waals surface area (Å²) < 4.78 is 79.6. The Hall–Kier alpha value is -10.1. The van der Waals surface area contributed by atoms with Crippen LogP contribution in [0.3, 0.4) is 0 Å². The smallest absolute Gasteiger partial charge is 0.416 e. The number of alkyl halides is 4. The Labute approximate surface area is 488 Å². The van der Waals surface area contributed by atoms with Crippen molar-refractivity contribution in [2.24, 2.45) is 11.8 Å². The fourth-order valence-corrected chi connectivity index (χ4v) is 8.23. The van der Waals surface area contributed by atoms with Crippen LogP contribution in [0.15, 0.2) is 119 Å². The van der Waals surface area contributed by atoms with E-state index in [1.807, 2.05) is 0 Å². The Balaban J connectivity index is 0.000000205. The van der Waals surface area contributed by atoms with Crippen LogP contribution in [0.2, 0.25) is 0 Å². The van der Waals surface area contributed by atoms with Crippen LogP contribution in [-0.2, 0) is 9.47 Å². The third-order valence-corrected chi connectivity index (χ3v) is 12.8. The van der Waals surface area contributed by atoms with Crippen molar-refractivity contribution in [2.45, 2.75) is 98.2 Å². The molecule has 23 nitrogen and oxygen atoms in total. The molecule has 3 N–H and O–H groups in total. The number of benzene rings is 2. The molecule has 2 saturated carbocycles. The first-order valence-corrected chi connectivity index (χ1v) is 26.9. The van der Waals surface area contributed by atoms with Crippen molar-refractivity contribution < 1.29 is 69.7 Å². The quantitative estimate of drug-likeness (QED) is 0.0531. The highest BCUT2D eigenvalue weighted by Gasteiger charge is 2.34. The number of nitrogens with one attached hydrogen (secondary N) is 2. The van der Waals surface area contributed by atoms with E-state index < -0.39 is 65.4 Å². The molecule has 0 saturated heterocycles. The number of hydrogen-bond donors (Lipinski definition) is 3. The molecule has 2 aliphatic carbocycles. The maximum atomic E-state index is 13.8. The minimum atomic E-state index is -3.01. The van der Waals surface area contributed by atoms with Crippen molar-refractivity contribution in [2.75, 3.05) is 33.5 Å². The number of ketones is 1. The van der Waals surface area contributed by atoms with Crippen molar-refractivity contribution >= 4 is 58.8 Å². The van der Waals surface area contributed by atoms with Gasteiger partial charge in [0.05, 0.1) is 40.7 Å². The van der Waals surface area contributed by atoms with Crippen LogP contribution in [0.5, 0.6) is 0 Å². The van der Waals surface area contributed by atoms with E-state index in [2.05, 4.69) is 40.8 Å². The standard InChI is InChI=1S/C30H30F2N6O5.C29H28F2N6O6/c1-17(39)19-7-9-21(10-8-19)38-15-22(25(36-38)26(31)32)34-27(40)23-16-42-28(35-23)20-11-12-33-24(13-20)37(14-18-5-6-18)29(41)43-30(2,3)4;1-29(2,3)43-28(41)36(13-16-4-5-16)22-12-18(10-11-32-22)26-34-21(15-42-26)25(38)33-20-14-37(35-23(20)24(30)31)19-8-6-17(7-9-19)27(39)40/h7-13,15-16,18,26H,5-6,14H2,1-4H3,(H,34,40);6-12,14-16,24H,4-5,13H2,1-3H3,(H,33,38)(H,39,40). The lowest BCUT2D eigenvalue weighted by molar-refractivity contribution is 0.0566. The molecule has 0 bridgehead atoms. The van der Waals surface area contributed by atoms with E-state index >= 15 is 0 Å². The molecule has 4 amide bonds. The van der Waals surface area contributed by atoms with Gasteiger partial charge in [0.1, 0.15) is 35.4 Å². The molecule has 0 unspecified atom stereocenters. The van der Waals surface area contributed by atoms with Crippen LogP contribution in [0, 0.1) is 11.8 Å². The van der Waals surface area contributed by atoms with Crippen LogP contribution in [0.1, 0.15) is 140 Å². The normalized spacial score (nSPS) is 13.2. The molecule has 86 heavy (non-hydrogen) atoms. The van der Waals surface area contributed by atoms with Gasteiger partial charge in [-0.3, -0.25) is 24.2 Å². The largest absolute Gasteiger partial charge is 0.478 e. The first-order valence-electron chi connectivity index (χ1n) is 26.9. The van der Waals surface area contributed by atoms with E-state index in [0.717, 1.165) is 42.9 Å². The monoisotopic (exact) mass is 1190 g/mol. The van der Waals surface area contributed by atoms with Gasteiger partial charge in [-0.05, 0) is 159 Å². The van der Waals surface area contributed by atoms with Gasteiger partial charge in [0, 0.05) is 42.2 Å². The number of amides is 4.